The third kappa shape index (κ3) is 2.52. The number of carbonyl (C=O) groups excluding carboxylic acids is 1. The topological polar surface area (TPSA) is 109 Å². The van der Waals surface area contributed by atoms with Gasteiger partial charge < -0.3 is 10.7 Å². The molecule has 1 fully saturated rings. The molecule has 2 rings (SSSR count). The van der Waals surface area contributed by atoms with Crippen LogP contribution in [0.2, 0.25) is 0 Å². The minimum Gasteiger partial charge on any atom is -0.364 e. The molecule has 0 spiro atoms. The molecule has 1 aliphatic rings. The van der Waals surface area contributed by atoms with Crippen LogP contribution in [0.3, 0.4) is 0 Å². The lowest BCUT2D eigenvalue weighted by molar-refractivity contribution is 0.0997. The number of primary amides is 1. The van der Waals surface area contributed by atoms with Gasteiger partial charge >= 0.3 is 0 Å². The maximum Gasteiger partial charge on any atom is 0.269 e. The molecular formula is C8H12N6O. The van der Waals surface area contributed by atoms with Gasteiger partial charge in [-0.1, -0.05) is 5.22 Å². The van der Waals surface area contributed by atoms with E-state index >= 15 is 0 Å². The van der Waals surface area contributed by atoms with Crippen LogP contribution in [0.15, 0.2) is 16.7 Å². The van der Waals surface area contributed by atoms with E-state index in [-0.39, 0.29) is 5.69 Å². The van der Waals surface area contributed by atoms with Crippen LogP contribution in [0.25, 0.3) is 0 Å². The number of H-pyrrole nitrogens is 1. The van der Waals surface area contributed by atoms with Crippen molar-refractivity contribution in [3.05, 3.63) is 12.0 Å². The zero-order valence-corrected chi connectivity index (χ0v) is 8.10. The van der Waals surface area contributed by atoms with Gasteiger partial charge in [-0.3, -0.25) is 4.79 Å². The highest BCUT2D eigenvalue weighted by atomic mass is 16.1. The Kier molecular flexibility index (Phi) is 2.61. The first kappa shape index (κ1) is 9.63. The Bertz CT molecular complexity index is 380. The summed E-state index contributed by atoms with van der Waals surface area (Å²) < 4.78 is 0. The van der Waals surface area contributed by atoms with Gasteiger partial charge in [-0.15, -0.1) is 0 Å². The number of nitrogens with zero attached hydrogens (tertiary/aromatic N) is 3. The predicted molar refractivity (Wildman–Crippen MR) is 53.2 cm³/mol. The van der Waals surface area contributed by atoms with Crippen LogP contribution in [-0.4, -0.2) is 22.4 Å². The molecule has 1 aromatic rings. The molecule has 80 valence electrons. The van der Waals surface area contributed by atoms with Crippen molar-refractivity contribution in [2.45, 2.75) is 12.8 Å². The molecular weight excluding hydrogens is 196 g/mol. The molecule has 7 heteroatoms. The van der Waals surface area contributed by atoms with Crippen LogP contribution in [0, 0.1) is 5.92 Å². The Labute approximate surface area is 86.1 Å². The summed E-state index contributed by atoms with van der Waals surface area (Å²) in [7, 11) is 0. The van der Waals surface area contributed by atoms with Gasteiger partial charge in [0, 0.05) is 0 Å². The van der Waals surface area contributed by atoms with E-state index in [4.69, 9.17) is 5.73 Å². The average molecular weight is 208 g/mol. The van der Waals surface area contributed by atoms with Gasteiger partial charge in [0.15, 0.2) is 5.82 Å². The number of hydrogen-bond acceptors (Lipinski definition) is 4. The highest BCUT2D eigenvalue weighted by molar-refractivity contribution is 5.95. The second-order valence-corrected chi connectivity index (χ2v) is 3.47. The van der Waals surface area contributed by atoms with Gasteiger partial charge in [-0.25, -0.2) is 10.4 Å². The Morgan fingerprint density at radius 3 is 3.20 bits per heavy atom. The van der Waals surface area contributed by atoms with E-state index in [1.54, 1.807) is 0 Å². The second kappa shape index (κ2) is 4.07. The first-order valence-electron chi connectivity index (χ1n) is 4.73. The summed E-state index contributed by atoms with van der Waals surface area (Å²) in [5.74, 6) is 0.416. The van der Waals surface area contributed by atoms with E-state index in [1.165, 1.54) is 19.2 Å². The van der Waals surface area contributed by atoms with Gasteiger partial charge in [0.1, 0.15) is 5.69 Å². The van der Waals surface area contributed by atoms with Gasteiger partial charge in [0.25, 0.3) is 5.91 Å². The summed E-state index contributed by atoms with van der Waals surface area (Å²) in [6.07, 6.45) is 3.83. The molecule has 0 aliphatic heterocycles. The van der Waals surface area contributed by atoms with Crippen molar-refractivity contribution in [2.75, 3.05) is 12.0 Å². The standard InChI is InChI=1S/C8H12N6O/c9-7(15)6-8(11-4-10-6)13-14-12-3-5-1-2-5/h4-5H,1-3H2,(H2,9,15)(H,10,11)(H,12,13). The lowest BCUT2D eigenvalue weighted by Crippen LogP contribution is -2.13. The van der Waals surface area contributed by atoms with Crippen LogP contribution < -0.4 is 11.2 Å². The highest BCUT2D eigenvalue weighted by Crippen LogP contribution is 2.28. The number of carbonyl (C=O) groups is 1. The zero-order chi connectivity index (χ0) is 10.7. The van der Waals surface area contributed by atoms with E-state index in [1.807, 2.05) is 0 Å². The summed E-state index contributed by atoms with van der Waals surface area (Å²) in [5.41, 5.74) is 7.88. The maximum atomic E-state index is 10.9. The molecule has 7 nitrogen and oxygen atoms in total. The molecule has 1 heterocycles. The largest absolute Gasteiger partial charge is 0.364 e. The van der Waals surface area contributed by atoms with Crippen molar-refractivity contribution < 1.29 is 4.79 Å². The van der Waals surface area contributed by atoms with Gasteiger partial charge in [0.05, 0.1) is 12.9 Å². The van der Waals surface area contributed by atoms with E-state index in [9.17, 15) is 4.79 Å². The number of rotatable bonds is 5. The van der Waals surface area contributed by atoms with Crippen molar-refractivity contribution in [2.24, 2.45) is 22.0 Å². The van der Waals surface area contributed by atoms with Crippen LogP contribution in [0.1, 0.15) is 23.3 Å². The lowest BCUT2D eigenvalue weighted by atomic mass is 10.4. The van der Waals surface area contributed by atoms with Gasteiger partial charge in [0.2, 0.25) is 0 Å². The minimum absolute atomic E-state index is 0.209. The predicted octanol–water partition coefficient (Wildman–Crippen LogP) is 0.698. The fourth-order valence-corrected chi connectivity index (χ4v) is 1.11. The molecule has 15 heavy (non-hydrogen) atoms. The zero-order valence-electron chi connectivity index (χ0n) is 8.10. The quantitative estimate of drug-likeness (QED) is 0.489. The molecule has 0 aromatic carbocycles. The van der Waals surface area contributed by atoms with Crippen LogP contribution in [0.5, 0.6) is 0 Å². The summed E-state index contributed by atoms with van der Waals surface area (Å²) in [6.45, 7) is 0.726. The lowest BCUT2D eigenvalue weighted by Gasteiger charge is -1.95. The van der Waals surface area contributed by atoms with Gasteiger partial charge in [-0.2, -0.15) is 5.11 Å². The van der Waals surface area contributed by atoms with Crippen molar-refractivity contribution >= 4 is 11.7 Å². The van der Waals surface area contributed by atoms with Crippen LogP contribution >= 0.6 is 0 Å². The molecule has 1 saturated carbocycles. The molecule has 1 aromatic heterocycles. The summed E-state index contributed by atoms with van der Waals surface area (Å²) in [5, 5.41) is 7.64. The van der Waals surface area contributed by atoms with Crippen LogP contribution in [-0.2, 0) is 0 Å². The van der Waals surface area contributed by atoms with E-state index in [0.717, 1.165) is 6.54 Å². The Balaban J connectivity index is 1.88. The number of nitrogens with two attached hydrogens (primary N) is 1. The second-order valence-electron chi connectivity index (χ2n) is 3.47. The number of nitrogens with one attached hydrogen (secondary N) is 2. The molecule has 0 saturated heterocycles. The molecule has 0 unspecified atom stereocenters. The average Bonchev–Trinajstić information content (AvgIpc) is 2.90. The first-order valence-corrected chi connectivity index (χ1v) is 4.73. The van der Waals surface area contributed by atoms with E-state index in [0.29, 0.717) is 11.7 Å². The third-order valence-corrected chi connectivity index (χ3v) is 2.15. The number of hydrogen-bond donors (Lipinski definition) is 3. The summed E-state index contributed by atoms with van der Waals surface area (Å²) >= 11 is 0. The SMILES string of the molecule is NC(=O)c1[nH]cnc1NN=NCC1CC1. The normalized spacial score (nSPS) is 15.7. The van der Waals surface area contributed by atoms with Crippen LogP contribution in [0.4, 0.5) is 5.82 Å². The number of aromatic nitrogens is 2. The van der Waals surface area contributed by atoms with Crippen molar-refractivity contribution in [1.82, 2.24) is 9.97 Å². The Morgan fingerprint density at radius 2 is 2.53 bits per heavy atom. The third-order valence-electron chi connectivity index (χ3n) is 2.15. The fourth-order valence-electron chi connectivity index (χ4n) is 1.11. The number of anilines is 1. The molecule has 0 bridgehead atoms. The number of amides is 1. The number of aromatic amines is 1. The van der Waals surface area contributed by atoms with Gasteiger partial charge in [-0.05, 0) is 18.8 Å². The highest BCUT2D eigenvalue weighted by Gasteiger charge is 2.20. The molecule has 1 amide bonds. The van der Waals surface area contributed by atoms with Crippen molar-refractivity contribution in [3.63, 3.8) is 0 Å². The molecule has 0 radical (unpaired) electrons. The fraction of sp³-hybridized carbons (Fsp3) is 0.500. The monoisotopic (exact) mass is 208 g/mol. The molecule has 0 atom stereocenters. The smallest absolute Gasteiger partial charge is 0.269 e. The van der Waals surface area contributed by atoms with E-state index < -0.39 is 5.91 Å². The van der Waals surface area contributed by atoms with Crippen molar-refractivity contribution in [3.8, 4) is 0 Å². The molecule has 1 aliphatic carbocycles. The Morgan fingerprint density at radius 1 is 1.73 bits per heavy atom. The maximum absolute atomic E-state index is 10.9. The Hall–Kier alpha value is -1.92. The summed E-state index contributed by atoms with van der Waals surface area (Å²) in [4.78, 5) is 17.3. The minimum atomic E-state index is -0.576. The summed E-state index contributed by atoms with van der Waals surface area (Å²) in [6, 6.07) is 0. The number of imidazole rings is 1. The molecule has 4 N–H and O–H groups in total. The first-order chi connectivity index (χ1) is 7.27. The van der Waals surface area contributed by atoms with Crippen molar-refractivity contribution in [1.29, 1.82) is 0 Å². The van der Waals surface area contributed by atoms with E-state index in [2.05, 4.69) is 25.7 Å².